The van der Waals surface area contributed by atoms with Crippen LogP contribution >= 0.6 is 15.9 Å². The van der Waals surface area contributed by atoms with Gasteiger partial charge in [0.05, 0.1) is 27.4 Å². The largest absolute Gasteiger partial charge is 0.437 e. The molecule has 1 aliphatic heterocycles. The highest BCUT2D eigenvalue weighted by Gasteiger charge is 2.40. The van der Waals surface area contributed by atoms with Crippen molar-refractivity contribution in [1.29, 1.82) is 0 Å². The Labute approximate surface area is 221 Å². The first-order valence-corrected chi connectivity index (χ1v) is 12.3. The fourth-order valence-electron chi connectivity index (χ4n) is 4.86. The number of fused-ring (bicyclic) bond motifs is 6. The van der Waals surface area contributed by atoms with E-state index in [0.717, 1.165) is 10.0 Å². The molecule has 0 saturated heterocycles. The van der Waals surface area contributed by atoms with E-state index in [4.69, 9.17) is 14.1 Å². The van der Waals surface area contributed by atoms with E-state index in [2.05, 4.69) is 26.0 Å². The molecule has 0 fully saturated rings. The fourth-order valence-corrected chi connectivity index (χ4v) is 5.12. The van der Waals surface area contributed by atoms with Crippen molar-refractivity contribution in [2.75, 3.05) is 0 Å². The topological polar surface area (TPSA) is 126 Å². The number of nitrogens with zero attached hydrogens (tertiary/aromatic N) is 5. The van der Waals surface area contributed by atoms with Gasteiger partial charge in [0, 0.05) is 21.7 Å². The van der Waals surface area contributed by atoms with Gasteiger partial charge in [-0.2, -0.15) is 0 Å². The van der Waals surface area contributed by atoms with Crippen molar-refractivity contribution in [3.05, 3.63) is 121 Å². The first-order valence-electron chi connectivity index (χ1n) is 11.5. The number of nitro groups is 1. The lowest BCUT2D eigenvalue weighted by atomic mass is 9.83. The maximum atomic E-state index is 13.5. The SMILES string of the molecule is O=c1oc2ccccc2c2c1C(c1ccccc1[N+](=O)[O-])c1c(ncn3nc(-c4ccc(Br)cc4)nc13)O2. The van der Waals surface area contributed by atoms with Crippen LogP contribution in [0.4, 0.5) is 5.69 Å². The van der Waals surface area contributed by atoms with Crippen molar-refractivity contribution in [1.82, 2.24) is 19.6 Å². The van der Waals surface area contributed by atoms with Crippen molar-refractivity contribution in [2.24, 2.45) is 0 Å². The number of halogens is 1. The Bertz CT molecular complexity index is 1980. The summed E-state index contributed by atoms with van der Waals surface area (Å²) in [5, 5.41) is 17.2. The maximum absolute atomic E-state index is 13.5. The van der Waals surface area contributed by atoms with E-state index in [1.54, 1.807) is 42.5 Å². The zero-order valence-electron chi connectivity index (χ0n) is 19.2. The summed E-state index contributed by atoms with van der Waals surface area (Å²) in [6, 6.07) is 20.7. The third-order valence-corrected chi connectivity index (χ3v) is 7.04. The van der Waals surface area contributed by atoms with Gasteiger partial charge in [-0.05, 0) is 24.3 Å². The van der Waals surface area contributed by atoms with E-state index >= 15 is 0 Å². The van der Waals surface area contributed by atoms with Gasteiger partial charge in [-0.1, -0.05) is 58.4 Å². The molecule has 3 aromatic carbocycles. The molecule has 0 saturated carbocycles. The van der Waals surface area contributed by atoms with Crippen LogP contribution in [-0.4, -0.2) is 24.5 Å². The standard InChI is InChI=1S/C27H14BrN5O5/c28-15-11-9-14(10-12-15)24-30-25-22-20(16-5-1-3-7-18(16)33(35)36)21-23(38-26(22)29-13-32(25)31-24)17-6-2-4-8-19(17)37-27(21)34/h1-13,20H. The third kappa shape index (κ3) is 3.32. The summed E-state index contributed by atoms with van der Waals surface area (Å²) in [7, 11) is 0. The Morgan fingerprint density at radius 1 is 0.974 bits per heavy atom. The lowest BCUT2D eigenvalue weighted by molar-refractivity contribution is -0.385. The number of ether oxygens (including phenoxy) is 1. The highest BCUT2D eigenvalue weighted by molar-refractivity contribution is 9.10. The molecule has 0 bridgehead atoms. The summed E-state index contributed by atoms with van der Waals surface area (Å²) in [6.45, 7) is 0. The minimum Gasteiger partial charge on any atom is -0.437 e. The zero-order chi connectivity index (χ0) is 26.0. The van der Waals surface area contributed by atoms with Crippen LogP contribution in [0.25, 0.3) is 28.0 Å². The zero-order valence-corrected chi connectivity index (χ0v) is 20.8. The van der Waals surface area contributed by atoms with Gasteiger partial charge < -0.3 is 9.15 Å². The summed E-state index contributed by atoms with van der Waals surface area (Å²) in [6.07, 6.45) is 1.47. The van der Waals surface area contributed by atoms with E-state index in [0.29, 0.717) is 28.0 Å². The molecular formula is C27H14BrN5O5. The number of hydrogen-bond donors (Lipinski definition) is 0. The lowest BCUT2D eigenvalue weighted by Crippen LogP contribution is -2.23. The van der Waals surface area contributed by atoms with Crippen LogP contribution in [0.3, 0.4) is 0 Å². The Morgan fingerprint density at radius 2 is 1.74 bits per heavy atom. The van der Waals surface area contributed by atoms with Crippen molar-refractivity contribution < 1.29 is 14.1 Å². The Hall–Kier alpha value is -4.90. The molecule has 4 heterocycles. The molecule has 0 spiro atoms. The second-order valence-electron chi connectivity index (χ2n) is 8.65. The van der Waals surface area contributed by atoms with E-state index in [-0.39, 0.29) is 28.4 Å². The average molecular weight is 568 g/mol. The van der Waals surface area contributed by atoms with Crippen LogP contribution in [0.1, 0.15) is 22.6 Å². The summed E-state index contributed by atoms with van der Waals surface area (Å²) < 4.78 is 14.3. The molecule has 11 heteroatoms. The van der Waals surface area contributed by atoms with Crippen molar-refractivity contribution in [3.8, 4) is 23.0 Å². The van der Waals surface area contributed by atoms with E-state index in [9.17, 15) is 14.9 Å². The van der Waals surface area contributed by atoms with Crippen molar-refractivity contribution >= 4 is 38.2 Å². The molecule has 0 N–H and O–H groups in total. The molecule has 1 unspecified atom stereocenters. The molecular weight excluding hydrogens is 554 g/mol. The molecule has 0 amide bonds. The second kappa shape index (κ2) is 8.32. The minimum absolute atomic E-state index is 0.133. The number of hydrogen-bond acceptors (Lipinski definition) is 8. The van der Waals surface area contributed by atoms with Gasteiger partial charge in [0.15, 0.2) is 17.2 Å². The maximum Gasteiger partial charge on any atom is 0.344 e. The second-order valence-corrected chi connectivity index (χ2v) is 9.57. The fraction of sp³-hybridized carbons (Fsp3) is 0.0370. The lowest BCUT2D eigenvalue weighted by Gasteiger charge is -2.27. The van der Waals surface area contributed by atoms with Crippen LogP contribution in [0.2, 0.25) is 0 Å². The molecule has 0 radical (unpaired) electrons. The monoisotopic (exact) mass is 567 g/mol. The Kier molecular flexibility index (Phi) is 4.88. The van der Waals surface area contributed by atoms with E-state index < -0.39 is 16.5 Å². The number of aromatic nitrogens is 4. The Balaban J connectivity index is 1.57. The van der Waals surface area contributed by atoms with Gasteiger partial charge in [0.2, 0.25) is 5.88 Å². The molecule has 3 aromatic heterocycles. The number of para-hydroxylation sites is 2. The molecule has 7 rings (SSSR count). The number of nitro benzene ring substituents is 1. The van der Waals surface area contributed by atoms with Crippen LogP contribution in [-0.2, 0) is 0 Å². The predicted molar refractivity (Wildman–Crippen MR) is 141 cm³/mol. The predicted octanol–water partition coefficient (Wildman–Crippen LogP) is 5.85. The summed E-state index contributed by atoms with van der Waals surface area (Å²) >= 11 is 3.43. The van der Waals surface area contributed by atoms with Crippen LogP contribution in [0.5, 0.6) is 11.6 Å². The minimum atomic E-state index is -0.950. The smallest absolute Gasteiger partial charge is 0.344 e. The van der Waals surface area contributed by atoms with Gasteiger partial charge in [0.25, 0.3) is 5.69 Å². The summed E-state index contributed by atoms with van der Waals surface area (Å²) in [4.78, 5) is 34.3. The number of rotatable bonds is 3. The molecule has 38 heavy (non-hydrogen) atoms. The summed E-state index contributed by atoms with van der Waals surface area (Å²) in [5.41, 5.74) is 1.43. The van der Waals surface area contributed by atoms with Gasteiger partial charge in [-0.15, -0.1) is 5.10 Å². The third-order valence-electron chi connectivity index (χ3n) is 6.51. The van der Waals surface area contributed by atoms with Gasteiger partial charge in [-0.25, -0.2) is 19.3 Å². The molecule has 0 aliphatic carbocycles. The van der Waals surface area contributed by atoms with Gasteiger partial charge in [-0.3, -0.25) is 10.1 Å². The first kappa shape index (κ1) is 22.3. The quantitative estimate of drug-likeness (QED) is 0.148. The molecule has 1 aliphatic rings. The van der Waals surface area contributed by atoms with Crippen LogP contribution in [0.15, 0.2) is 92.8 Å². The van der Waals surface area contributed by atoms with E-state index in [1.165, 1.54) is 16.9 Å². The Morgan fingerprint density at radius 3 is 2.55 bits per heavy atom. The van der Waals surface area contributed by atoms with Crippen LogP contribution in [0, 0.1) is 10.1 Å². The number of benzene rings is 3. The van der Waals surface area contributed by atoms with E-state index in [1.807, 2.05) is 24.3 Å². The molecule has 6 aromatic rings. The van der Waals surface area contributed by atoms with Gasteiger partial charge in [0.1, 0.15) is 11.9 Å². The first-order chi connectivity index (χ1) is 18.5. The molecule has 10 nitrogen and oxygen atoms in total. The average Bonchev–Trinajstić information content (AvgIpc) is 3.37. The molecule has 184 valence electrons. The summed E-state index contributed by atoms with van der Waals surface area (Å²) in [5.74, 6) is -0.101. The van der Waals surface area contributed by atoms with Crippen molar-refractivity contribution in [2.45, 2.75) is 5.92 Å². The highest BCUT2D eigenvalue weighted by Crippen LogP contribution is 2.50. The van der Waals surface area contributed by atoms with Crippen molar-refractivity contribution in [3.63, 3.8) is 0 Å². The van der Waals surface area contributed by atoms with Crippen LogP contribution < -0.4 is 10.4 Å². The highest BCUT2D eigenvalue weighted by atomic mass is 79.9. The van der Waals surface area contributed by atoms with Gasteiger partial charge >= 0.3 is 5.63 Å². The molecule has 1 atom stereocenters. The normalized spacial score (nSPS) is 14.2.